The average molecular weight is 180 g/mol. The molecule has 1 rings (SSSR count). The molecule has 1 N–H and O–H groups in total. The summed E-state index contributed by atoms with van der Waals surface area (Å²) in [6, 6.07) is 0. The van der Waals surface area contributed by atoms with Crippen LogP contribution in [0.3, 0.4) is 0 Å². The number of rotatable bonds is 2. The maximum Gasteiger partial charge on any atom is 0.335 e. The Bertz CT molecular complexity index is 238. The summed E-state index contributed by atoms with van der Waals surface area (Å²) in [7, 11) is 0. The Morgan fingerprint density at radius 3 is 2.69 bits per heavy atom. The van der Waals surface area contributed by atoms with Gasteiger partial charge in [0.1, 0.15) is 0 Å². The van der Waals surface area contributed by atoms with Crippen molar-refractivity contribution in [1.82, 2.24) is 0 Å². The molecule has 0 spiro atoms. The summed E-state index contributed by atoms with van der Waals surface area (Å²) in [4.78, 5) is 10.7. The Morgan fingerprint density at radius 1 is 1.31 bits per heavy atom. The van der Waals surface area contributed by atoms with Crippen LogP contribution < -0.4 is 0 Å². The van der Waals surface area contributed by atoms with Gasteiger partial charge < -0.3 is 5.11 Å². The molecule has 1 aliphatic carbocycles. The van der Waals surface area contributed by atoms with Gasteiger partial charge in [0.15, 0.2) is 0 Å². The first-order valence-corrected chi connectivity index (χ1v) is 4.83. The van der Waals surface area contributed by atoms with Crippen LogP contribution in [-0.4, -0.2) is 11.1 Å². The van der Waals surface area contributed by atoms with E-state index in [2.05, 4.69) is 6.58 Å². The maximum atomic E-state index is 10.7. The van der Waals surface area contributed by atoms with Crippen LogP contribution in [0.4, 0.5) is 0 Å². The molecule has 1 aliphatic rings. The van der Waals surface area contributed by atoms with Crippen molar-refractivity contribution in [3.8, 4) is 0 Å². The second kappa shape index (κ2) is 4.85. The van der Waals surface area contributed by atoms with Crippen molar-refractivity contribution in [2.45, 2.75) is 38.5 Å². The topological polar surface area (TPSA) is 37.3 Å². The lowest BCUT2D eigenvalue weighted by Crippen LogP contribution is -2.03. The van der Waals surface area contributed by atoms with Gasteiger partial charge in [-0.15, -0.1) is 0 Å². The lowest BCUT2D eigenvalue weighted by Gasteiger charge is -2.10. The number of carboxylic acid groups (broad SMARTS) is 1. The summed E-state index contributed by atoms with van der Waals surface area (Å²) in [5.41, 5.74) is 1.22. The summed E-state index contributed by atoms with van der Waals surface area (Å²) >= 11 is 0. The summed E-state index contributed by atoms with van der Waals surface area (Å²) in [5, 5.41) is 8.76. The van der Waals surface area contributed by atoms with Crippen molar-refractivity contribution in [3.05, 3.63) is 23.8 Å². The normalized spacial score (nSPS) is 18.3. The lowest BCUT2D eigenvalue weighted by molar-refractivity contribution is -0.132. The standard InChI is InChI=1S/C11H16O2/c1-9(11(12)13)10-7-5-3-2-4-6-8-10/h7H,1-6,8H2,(H,12,13). The zero-order chi connectivity index (χ0) is 9.68. The van der Waals surface area contributed by atoms with E-state index in [1.807, 2.05) is 6.08 Å². The first-order valence-electron chi connectivity index (χ1n) is 4.83. The van der Waals surface area contributed by atoms with E-state index >= 15 is 0 Å². The summed E-state index contributed by atoms with van der Waals surface area (Å²) in [6.07, 6.45) is 8.67. The molecule has 0 fully saturated rings. The monoisotopic (exact) mass is 180 g/mol. The highest BCUT2D eigenvalue weighted by molar-refractivity contribution is 5.90. The third-order valence-electron chi connectivity index (χ3n) is 2.44. The number of aliphatic carboxylic acids is 1. The Hall–Kier alpha value is -1.05. The van der Waals surface area contributed by atoms with Gasteiger partial charge in [-0.05, 0) is 31.3 Å². The summed E-state index contributed by atoms with van der Waals surface area (Å²) < 4.78 is 0. The van der Waals surface area contributed by atoms with Gasteiger partial charge in [-0.1, -0.05) is 25.5 Å². The molecule has 0 aromatic heterocycles. The van der Waals surface area contributed by atoms with Gasteiger partial charge in [0.25, 0.3) is 0 Å². The number of hydrogen-bond donors (Lipinski definition) is 1. The van der Waals surface area contributed by atoms with Gasteiger partial charge in [-0.3, -0.25) is 0 Å². The molecule has 0 unspecified atom stereocenters. The highest BCUT2D eigenvalue weighted by Gasteiger charge is 2.10. The van der Waals surface area contributed by atoms with Gasteiger partial charge in [-0.25, -0.2) is 4.79 Å². The molecule has 2 nitrogen and oxygen atoms in total. The minimum atomic E-state index is -0.883. The molecule has 72 valence electrons. The SMILES string of the molecule is C=C(C(=O)O)C1=CCCCCCC1. The van der Waals surface area contributed by atoms with Gasteiger partial charge >= 0.3 is 5.97 Å². The smallest absolute Gasteiger partial charge is 0.335 e. The molecule has 0 aromatic rings. The molecule has 13 heavy (non-hydrogen) atoms. The van der Waals surface area contributed by atoms with Gasteiger partial charge in [0.2, 0.25) is 0 Å². The number of allylic oxidation sites excluding steroid dienone is 1. The molecule has 0 atom stereocenters. The van der Waals surface area contributed by atoms with Crippen molar-refractivity contribution in [1.29, 1.82) is 0 Å². The average Bonchev–Trinajstić information content (AvgIpc) is 2.02. The molecule has 0 bridgehead atoms. The molecule has 2 heteroatoms. The number of hydrogen-bond acceptors (Lipinski definition) is 1. The number of carbonyl (C=O) groups is 1. The van der Waals surface area contributed by atoms with Gasteiger partial charge in [0.05, 0.1) is 5.57 Å². The van der Waals surface area contributed by atoms with Crippen LogP contribution in [0.25, 0.3) is 0 Å². The van der Waals surface area contributed by atoms with E-state index in [9.17, 15) is 4.79 Å². The zero-order valence-corrected chi connectivity index (χ0v) is 7.88. The van der Waals surface area contributed by atoms with Crippen LogP contribution in [-0.2, 0) is 4.79 Å². The number of carboxylic acids is 1. The minimum Gasteiger partial charge on any atom is -0.478 e. The van der Waals surface area contributed by atoms with E-state index in [1.165, 1.54) is 19.3 Å². The van der Waals surface area contributed by atoms with E-state index < -0.39 is 5.97 Å². The van der Waals surface area contributed by atoms with Crippen LogP contribution in [0.15, 0.2) is 23.8 Å². The van der Waals surface area contributed by atoms with Crippen LogP contribution in [0, 0.1) is 0 Å². The second-order valence-electron chi connectivity index (χ2n) is 3.47. The summed E-state index contributed by atoms with van der Waals surface area (Å²) in [5.74, 6) is -0.883. The first-order chi connectivity index (χ1) is 6.22. The molecular weight excluding hydrogens is 164 g/mol. The zero-order valence-electron chi connectivity index (χ0n) is 7.88. The van der Waals surface area contributed by atoms with E-state index in [4.69, 9.17) is 5.11 Å². The van der Waals surface area contributed by atoms with Crippen LogP contribution in [0.1, 0.15) is 38.5 Å². The molecular formula is C11H16O2. The highest BCUT2D eigenvalue weighted by Crippen LogP contribution is 2.21. The molecule has 0 aliphatic heterocycles. The Morgan fingerprint density at radius 2 is 2.00 bits per heavy atom. The Balaban J connectivity index is 2.64. The van der Waals surface area contributed by atoms with E-state index in [0.29, 0.717) is 0 Å². The van der Waals surface area contributed by atoms with Crippen molar-refractivity contribution >= 4 is 5.97 Å². The fraction of sp³-hybridized carbons (Fsp3) is 0.545. The van der Waals surface area contributed by atoms with E-state index in [1.54, 1.807) is 0 Å². The van der Waals surface area contributed by atoms with Crippen molar-refractivity contribution in [3.63, 3.8) is 0 Å². The predicted molar refractivity (Wildman–Crippen MR) is 52.6 cm³/mol. The fourth-order valence-electron chi connectivity index (χ4n) is 1.60. The first kappa shape index (κ1) is 10.0. The van der Waals surface area contributed by atoms with Crippen LogP contribution in [0.2, 0.25) is 0 Å². The quantitative estimate of drug-likeness (QED) is 0.663. The van der Waals surface area contributed by atoms with Crippen molar-refractivity contribution < 1.29 is 9.90 Å². The van der Waals surface area contributed by atoms with Crippen molar-refractivity contribution in [2.24, 2.45) is 0 Å². The third kappa shape index (κ3) is 3.05. The molecule has 0 radical (unpaired) electrons. The molecule has 0 heterocycles. The molecule has 0 saturated carbocycles. The lowest BCUT2D eigenvalue weighted by atomic mass is 9.95. The van der Waals surface area contributed by atoms with E-state index in [-0.39, 0.29) is 5.57 Å². The molecule has 0 amide bonds. The van der Waals surface area contributed by atoms with Gasteiger partial charge in [-0.2, -0.15) is 0 Å². The second-order valence-corrected chi connectivity index (χ2v) is 3.47. The van der Waals surface area contributed by atoms with E-state index in [0.717, 1.165) is 24.8 Å². The predicted octanol–water partition coefficient (Wildman–Crippen LogP) is 2.91. The highest BCUT2D eigenvalue weighted by atomic mass is 16.4. The summed E-state index contributed by atoms with van der Waals surface area (Å²) in [6.45, 7) is 3.58. The van der Waals surface area contributed by atoms with Crippen molar-refractivity contribution in [2.75, 3.05) is 0 Å². The van der Waals surface area contributed by atoms with Crippen LogP contribution in [0.5, 0.6) is 0 Å². The largest absolute Gasteiger partial charge is 0.478 e. The van der Waals surface area contributed by atoms with Crippen LogP contribution >= 0.6 is 0 Å². The van der Waals surface area contributed by atoms with Gasteiger partial charge in [0, 0.05) is 0 Å². The fourth-order valence-corrected chi connectivity index (χ4v) is 1.60. The minimum absolute atomic E-state index is 0.280. The Labute approximate surface area is 79.0 Å². The third-order valence-corrected chi connectivity index (χ3v) is 2.44. The maximum absolute atomic E-state index is 10.7. The molecule has 0 aromatic carbocycles. The Kier molecular flexibility index (Phi) is 3.74. The molecule has 0 saturated heterocycles.